The largest absolute Gasteiger partial charge is 0.377 e. The fraction of sp³-hybridized carbons (Fsp3) is 1.00. The van der Waals surface area contributed by atoms with E-state index in [1.54, 1.807) is 6.92 Å². The van der Waals surface area contributed by atoms with Crippen LogP contribution in [0.3, 0.4) is 0 Å². The maximum atomic E-state index is 11.2. The molecule has 0 saturated carbocycles. The minimum absolute atomic E-state index is 0.0568. The van der Waals surface area contributed by atoms with Gasteiger partial charge in [0.05, 0.1) is 11.9 Å². The molecule has 2 atom stereocenters. The number of hydrogen-bond donors (Lipinski definition) is 1. The average Bonchev–Trinajstić information content (AvgIpc) is 2.55. The van der Waals surface area contributed by atoms with E-state index in [2.05, 4.69) is 4.72 Å². The molecule has 0 unspecified atom stereocenters. The fourth-order valence-corrected chi connectivity index (χ4v) is 2.32. The van der Waals surface area contributed by atoms with Crippen molar-refractivity contribution in [2.45, 2.75) is 38.8 Å². The lowest BCUT2D eigenvalue weighted by Gasteiger charge is -2.19. The molecule has 5 heteroatoms. The van der Waals surface area contributed by atoms with E-state index < -0.39 is 10.0 Å². The van der Waals surface area contributed by atoms with Crippen LogP contribution in [0.2, 0.25) is 0 Å². The van der Waals surface area contributed by atoms with Gasteiger partial charge in [0, 0.05) is 12.6 Å². The first-order chi connectivity index (χ1) is 6.05. The molecule has 0 aliphatic carbocycles. The highest BCUT2D eigenvalue weighted by molar-refractivity contribution is 7.89. The second kappa shape index (κ2) is 4.39. The summed E-state index contributed by atoms with van der Waals surface area (Å²) in [5, 5.41) is 0. The van der Waals surface area contributed by atoms with Gasteiger partial charge in [-0.15, -0.1) is 0 Å². The highest BCUT2D eigenvalue weighted by Crippen LogP contribution is 2.15. The summed E-state index contributed by atoms with van der Waals surface area (Å²) in [5.41, 5.74) is 0. The SMILES string of the molecule is CCS(=O)(=O)N[C@@H](C)[C@@H]1CCCO1. The molecule has 78 valence electrons. The van der Waals surface area contributed by atoms with E-state index in [1.165, 1.54) is 0 Å². The Bertz CT molecular complexity index is 244. The van der Waals surface area contributed by atoms with Crippen LogP contribution < -0.4 is 4.72 Å². The summed E-state index contributed by atoms with van der Waals surface area (Å²) >= 11 is 0. The number of rotatable bonds is 4. The normalized spacial score (nSPS) is 26.2. The van der Waals surface area contributed by atoms with Gasteiger partial charge in [-0.05, 0) is 26.7 Å². The minimum Gasteiger partial charge on any atom is -0.377 e. The van der Waals surface area contributed by atoms with Crippen molar-refractivity contribution in [3.05, 3.63) is 0 Å². The Labute approximate surface area is 79.7 Å². The van der Waals surface area contributed by atoms with Crippen LogP contribution >= 0.6 is 0 Å². The zero-order valence-electron chi connectivity index (χ0n) is 8.12. The highest BCUT2D eigenvalue weighted by atomic mass is 32.2. The molecule has 0 radical (unpaired) electrons. The molecule has 0 spiro atoms. The molecule has 1 rings (SSSR count). The molecular formula is C8H17NO3S. The van der Waals surface area contributed by atoms with Crippen molar-refractivity contribution in [2.24, 2.45) is 0 Å². The quantitative estimate of drug-likeness (QED) is 0.730. The third-order valence-corrected chi connectivity index (χ3v) is 3.76. The van der Waals surface area contributed by atoms with Gasteiger partial charge >= 0.3 is 0 Å². The summed E-state index contributed by atoms with van der Waals surface area (Å²) in [7, 11) is -3.09. The molecule has 1 fully saturated rings. The molecule has 13 heavy (non-hydrogen) atoms. The van der Waals surface area contributed by atoms with Crippen molar-refractivity contribution < 1.29 is 13.2 Å². The second-order valence-electron chi connectivity index (χ2n) is 3.36. The molecule has 1 saturated heterocycles. The van der Waals surface area contributed by atoms with Crippen LogP contribution in [0, 0.1) is 0 Å². The first kappa shape index (κ1) is 10.9. The Balaban J connectivity index is 2.44. The summed E-state index contributed by atoms with van der Waals surface area (Å²) in [6.45, 7) is 4.23. The van der Waals surface area contributed by atoms with Gasteiger partial charge in [0.2, 0.25) is 10.0 Å². The monoisotopic (exact) mass is 207 g/mol. The first-order valence-electron chi connectivity index (χ1n) is 4.67. The van der Waals surface area contributed by atoms with Crippen LogP contribution in [0.1, 0.15) is 26.7 Å². The van der Waals surface area contributed by atoms with Gasteiger partial charge < -0.3 is 4.74 Å². The molecule has 0 aromatic carbocycles. The lowest BCUT2D eigenvalue weighted by Crippen LogP contribution is -2.41. The van der Waals surface area contributed by atoms with Crippen LogP contribution in [-0.2, 0) is 14.8 Å². The Morgan fingerprint density at radius 1 is 1.62 bits per heavy atom. The van der Waals surface area contributed by atoms with Gasteiger partial charge in [-0.2, -0.15) is 0 Å². The third kappa shape index (κ3) is 3.25. The maximum absolute atomic E-state index is 11.2. The predicted octanol–water partition coefficient (Wildman–Crippen LogP) is 0.493. The van der Waals surface area contributed by atoms with Crippen LogP contribution in [0.15, 0.2) is 0 Å². The number of sulfonamides is 1. The molecule has 1 aliphatic heterocycles. The number of ether oxygens (including phenoxy) is 1. The third-order valence-electron chi connectivity index (χ3n) is 2.27. The Hall–Kier alpha value is -0.130. The maximum Gasteiger partial charge on any atom is 0.211 e. The van der Waals surface area contributed by atoms with Crippen molar-refractivity contribution >= 4 is 10.0 Å². The Morgan fingerprint density at radius 2 is 2.31 bits per heavy atom. The molecule has 0 amide bonds. The first-order valence-corrected chi connectivity index (χ1v) is 6.32. The van der Waals surface area contributed by atoms with E-state index in [0.29, 0.717) is 0 Å². The molecule has 1 heterocycles. The van der Waals surface area contributed by atoms with E-state index >= 15 is 0 Å². The van der Waals surface area contributed by atoms with Gasteiger partial charge in [-0.3, -0.25) is 0 Å². The lowest BCUT2D eigenvalue weighted by molar-refractivity contribution is 0.0902. The van der Waals surface area contributed by atoms with Gasteiger partial charge in [-0.25, -0.2) is 13.1 Å². The van der Waals surface area contributed by atoms with Crippen molar-refractivity contribution in [1.29, 1.82) is 0 Å². The Morgan fingerprint density at radius 3 is 2.77 bits per heavy atom. The molecule has 0 aromatic rings. The zero-order valence-corrected chi connectivity index (χ0v) is 8.93. The van der Waals surface area contributed by atoms with Crippen molar-refractivity contribution in [3.63, 3.8) is 0 Å². The van der Waals surface area contributed by atoms with Gasteiger partial charge in [0.15, 0.2) is 0 Å². The van der Waals surface area contributed by atoms with Crippen LogP contribution in [0.25, 0.3) is 0 Å². The Kier molecular flexibility index (Phi) is 3.70. The van der Waals surface area contributed by atoms with E-state index in [1.807, 2.05) is 6.92 Å². The van der Waals surface area contributed by atoms with Crippen molar-refractivity contribution in [3.8, 4) is 0 Å². The smallest absolute Gasteiger partial charge is 0.211 e. The van der Waals surface area contributed by atoms with E-state index in [4.69, 9.17) is 4.74 Å². The minimum atomic E-state index is -3.09. The van der Waals surface area contributed by atoms with E-state index in [9.17, 15) is 8.42 Å². The van der Waals surface area contributed by atoms with Crippen molar-refractivity contribution in [2.75, 3.05) is 12.4 Å². The summed E-state index contributed by atoms with van der Waals surface area (Å²) < 4.78 is 30.4. The summed E-state index contributed by atoms with van der Waals surface area (Å²) in [4.78, 5) is 0. The zero-order chi connectivity index (χ0) is 9.90. The van der Waals surface area contributed by atoms with Crippen LogP contribution in [0.5, 0.6) is 0 Å². The number of hydrogen-bond acceptors (Lipinski definition) is 3. The summed E-state index contributed by atoms with van der Waals surface area (Å²) in [5.74, 6) is 0.129. The highest BCUT2D eigenvalue weighted by Gasteiger charge is 2.25. The summed E-state index contributed by atoms with van der Waals surface area (Å²) in [6.07, 6.45) is 2.04. The lowest BCUT2D eigenvalue weighted by atomic mass is 10.1. The standard InChI is InChI=1S/C8H17NO3S/c1-3-13(10,11)9-7(2)8-5-4-6-12-8/h7-9H,3-6H2,1-2H3/t7-,8-/m0/s1. The van der Waals surface area contributed by atoms with E-state index in [-0.39, 0.29) is 17.9 Å². The fourth-order valence-electron chi connectivity index (χ4n) is 1.44. The average molecular weight is 207 g/mol. The molecule has 0 bridgehead atoms. The van der Waals surface area contributed by atoms with Gasteiger partial charge in [0.25, 0.3) is 0 Å². The number of nitrogens with one attached hydrogen (secondary N) is 1. The van der Waals surface area contributed by atoms with Crippen LogP contribution in [0.4, 0.5) is 0 Å². The molecule has 1 aliphatic rings. The second-order valence-corrected chi connectivity index (χ2v) is 5.40. The van der Waals surface area contributed by atoms with Crippen LogP contribution in [-0.4, -0.2) is 32.9 Å². The topological polar surface area (TPSA) is 55.4 Å². The summed E-state index contributed by atoms with van der Waals surface area (Å²) in [6, 6.07) is -0.104. The van der Waals surface area contributed by atoms with Gasteiger partial charge in [-0.1, -0.05) is 0 Å². The van der Waals surface area contributed by atoms with E-state index in [0.717, 1.165) is 19.4 Å². The molecule has 1 N–H and O–H groups in total. The molecule has 4 nitrogen and oxygen atoms in total. The molecule has 0 aromatic heterocycles. The predicted molar refractivity (Wildman–Crippen MR) is 51.0 cm³/mol. The van der Waals surface area contributed by atoms with Gasteiger partial charge in [0.1, 0.15) is 0 Å². The molecular weight excluding hydrogens is 190 g/mol. The van der Waals surface area contributed by atoms with Crippen molar-refractivity contribution in [1.82, 2.24) is 4.72 Å².